The van der Waals surface area contributed by atoms with Gasteiger partial charge in [0.1, 0.15) is 17.3 Å². The standard InChI is InChI=1S/C16H18F3N3O4/c1-22-8-7-21-14(22)15(25,16(17,18)19)5-6-20-13(24)11-4-3-10(26-2)9-12(11)23/h3-4,7-9,23,25H,5-6H2,1-2H3,(H,20,24)/t15-/m1/s1. The maximum absolute atomic E-state index is 13.4. The number of carbonyl (C=O) groups excluding carboxylic acids is 1. The van der Waals surface area contributed by atoms with E-state index in [9.17, 15) is 28.2 Å². The van der Waals surface area contributed by atoms with Crippen LogP contribution in [0.3, 0.4) is 0 Å². The molecule has 3 N–H and O–H groups in total. The van der Waals surface area contributed by atoms with Gasteiger partial charge >= 0.3 is 6.18 Å². The number of nitrogens with zero attached hydrogens (tertiary/aromatic N) is 2. The van der Waals surface area contributed by atoms with Crippen LogP contribution < -0.4 is 10.1 Å². The van der Waals surface area contributed by atoms with Crippen LogP contribution in [0.2, 0.25) is 0 Å². The van der Waals surface area contributed by atoms with Crippen molar-refractivity contribution in [2.24, 2.45) is 7.05 Å². The fraction of sp³-hybridized carbons (Fsp3) is 0.375. The fourth-order valence-electron chi connectivity index (χ4n) is 2.43. The van der Waals surface area contributed by atoms with Gasteiger partial charge in [-0.2, -0.15) is 13.2 Å². The molecular formula is C16H18F3N3O4. The molecule has 0 fully saturated rings. The van der Waals surface area contributed by atoms with Crippen LogP contribution >= 0.6 is 0 Å². The normalized spacial score (nSPS) is 13.9. The number of aliphatic hydroxyl groups is 1. The average Bonchev–Trinajstić information content (AvgIpc) is 2.99. The summed E-state index contributed by atoms with van der Waals surface area (Å²) in [7, 11) is 2.71. The van der Waals surface area contributed by atoms with Gasteiger partial charge in [-0.25, -0.2) is 4.98 Å². The number of methoxy groups -OCH3 is 1. The molecule has 1 heterocycles. The van der Waals surface area contributed by atoms with Crippen LogP contribution in [0.1, 0.15) is 22.6 Å². The van der Waals surface area contributed by atoms with Gasteiger partial charge in [0.15, 0.2) is 0 Å². The molecule has 1 atom stereocenters. The topological polar surface area (TPSA) is 96.6 Å². The number of rotatable bonds is 6. The smallest absolute Gasteiger partial charge is 0.424 e. The van der Waals surface area contributed by atoms with Gasteiger partial charge in [-0.1, -0.05) is 0 Å². The van der Waals surface area contributed by atoms with Crippen LogP contribution in [-0.4, -0.2) is 45.5 Å². The fourth-order valence-corrected chi connectivity index (χ4v) is 2.43. The minimum atomic E-state index is -4.99. The number of hydrogen-bond acceptors (Lipinski definition) is 5. The van der Waals surface area contributed by atoms with Crippen LogP contribution in [0.5, 0.6) is 11.5 Å². The van der Waals surface area contributed by atoms with Gasteiger partial charge in [0.2, 0.25) is 5.60 Å². The molecule has 142 valence electrons. The van der Waals surface area contributed by atoms with E-state index >= 15 is 0 Å². The molecular weight excluding hydrogens is 355 g/mol. The van der Waals surface area contributed by atoms with Crippen molar-refractivity contribution in [1.29, 1.82) is 0 Å². The van der Waals surface area contributed by atoms with Crippen molar-refractivity contribution >= 4 is 5.91 Å². The van der Waals surface area contributed by atoms with E-state index in [4.69, 9.17) is 4.74 Å². The summed E-state index contributed by atoms with van der Waals surface area (Å²) in [6.45, 7) is -0.493. The van der Waals surface area contributed by atoms with Crippen molar-refractivity contribution in [3.05, 3.63) is 42.0 Å². The Balaban J connectivity index is 2.11. The number of hydrogen-bond donors (Lipinski definition) is 3. The molecule has 0 saturated heterocycles. The van der Waals surface area contributed by atoms with Gasteiger partial charge in [-0.05, 0) is 12.1 Å². The van der Waals surface area contributed by atoms with E-state index in [2.05, 4.69) is 10.3 Å². The van der Waals surface area contributed by atoms with E-state index in [0.29, 0.717) is 5.75 Å². The molecule has 10 heteroatoms. The zero-order valence-corrected chi connectivity index (χ0v) is 14.0. The van der Waals surface area contributed by atoms with E-state index in [1.165, 1.54) is 38.6 Å². The number of phenols is 1. The van der Waals surface area contributed by atoms with Crippen LogP contribution in [0, 0.1) is 0 Å². The van der Waals surface area contributed by atoms with Crippen molar-refractivity contribution in [2.45, 2.75) is 18.2 Å². The lowest BCUT2D eigenvalue weighted by Crippen LogP contribution is -2.46. The maximum Gasteiger partial charge on any atom is 0.424 e. The number of alkyl halides is 3. The summed E-state index contributed by atoms with van der Waals surface area (Å²) in [4.78, 5) is 15.6. The molecule has 2 rings (SSSR count). The maximum atomic E-state index is 13.4. The second kappa shape index (κ2) is 7.24. The quantitative estimate of drug-likeness (QED) is 0.716. The van der Waals surface area contributed by atoms with Crippen molar-refractivity contribution in [3.63, 3.8) is 0 Å². The molecule has 0 aliphatic rings. The lowest BCUT2D eigenvalue weighted by molar-refractivity contribution is -0.272. The molecule has 26 heavy (non-hydrogen) atoms. The highest BCUT2D eigenvalue weighted by atomic mass is 19.4. The summed E-state index contributed by atoms with van der Waals surface area (Å²) >= 11 is 0. The lowest BCUT2D eigenvalue weighted by atomic mass is 9.97. The van der Waals surface area contributed by atoms with Gasteiger partial charge in [0.25, 0.3) is 5.91 Å². The van der Waals surface area contributed by atoms with E-state index in [1.807, 2.05) is 0 Å². The first kappa shape index (κ1) is 19.6. The molecule has 1 amide bonds. The lowest BCUT2D eigenvalue weighted by Gasteiger charge is -2.30. The third kappa shape index (κ3) is 3.74. The zero-order chi connectivity index (χ0) is 19.5. The Morgan fingerprint density at radius 3 is 2.58 bits per heavy atom. The van der Waals surface area contributed by atoms with Gasteiger partial charge < -0.3 is 24.8 Å². The molecule has 1 aromatic heterocycles. The van der Waals surface area contributed by atoms with E-state index in [1.54, 1.807) is 0 Å². The highest BCUT2D eigenvalue weighted by Crippen LogP contribution is 2.40. The highest BCUT2D eigenvalue weighted by molar-refractivity contribution is 5.96. The molecule has 0 spiro atoms. The number of phenolic OH excluding ortho intramolecular Hbond substituents is 1. The number of ether oxygens (including phenoxy) is 1. The Hall–Kier alpha value is -2.75. The Morgan fingerprint density at radius 1 is 1.38 bits per heavy atom. The van der Waals surface area contributed by atoms with Crippen LogP contribution in [0.15, 0.2) is 30.6 Å². The third-order valence-electron chi connectivity index (χ3n) is 3.88. The molecule has 1 aromatic carbocycles. The van der Waals surface area contributed by atoms with E-state index in [-0.39, 0.29) is 11.3 Å². The summed E-state index contributed by atoms with van der Waals surface area (Å²) < 4.78 is 46.1. The predicted octanol–water partition coefficient (Wildman–Crippen LogP) is 1.70. The number of aromatic hydroxyl groups is 1. The first-order valence-electron chi connectivity index (χ1n) is 7.52. The number of aromatic nitrogens is 2. The Bertz CT molecular complexity index is 791. The molecule has 2 aromatic rings. The monoisotopic (exact) mass is 373 g/mol. The number of imidazole rings is 1. The SMILES string of the molecule is COc1ccc(C(=O)NCC[C@@](O)(c2nccn2C)C(F)(F)F)c(O)c1. The number of aryl methyl sites for hydroxylation is 1. The number of carbonyl (C=O) groups is 1. The number of nitrogens with one attached hydrogen (secondary N) is 1. The molecule has 0 unspecified atom stereocenters. The third-order valence-corrected chi connectivity index (χ3v) is 3.88. The van der Waals surface area contributed by atoms with Gasteiger partial charge in [-0.15, -0.1) is 0 Å². The number of amides is 1. The summed E-state index contributed by atoms with van der Waals surface area (Å²) in [5.74, 6) is -1.42. The zero-order valence-electron chi connectivity index (χ0n) is 14.0. The summed E-state index contributed by atoms with van der Waals surface area (Å²) in [6, 6.07) is 3.90. The molecule has 0 saturated carbocycles. The second-order valence-electron chi connectivity index (χ2n) is 5.61. The molecule has 0 aliphatic carbocycles. The number of benzene rings is 1. The average molecular weight is 373 g/mol. The molecule has 7 nitrogen and oxygen atoms in total. The van der Waals surface area contributed by atoms with Gasteiger partial charge in [-0.3, -0.25) is 4.79 Å². The van der Waals surface area contributed by atoms with Crippen molar-refractivity contribution in [3.8, 4) is 11.5 Å². The minimum absolute atomic E-state index is 0.127. The van der Waals surface area contributed by atoms with Crippen molar-refractivity contribution < 1.29 is 32.9 Å². The first-order chi connectivity index (χ1) is 12.1. The van der Waals surface area contributed by atoms with Crippen molar-refractivity contribution in [1.82, 2.24) is 14.9 Å². The van der Waals surface area contributed by atoms with Crippen LogP contribution in [0.25, 0.3) is 0 Å². The van der Waals surface area contributed by atoms with E-state index in [0.717, 1.165) is 10.8 Å². The van der Waals surface area contributed by atoms with Gasteiger partial charge in [0, 0.05) is 38.5 Å². The molecule has 0 radical (unpaired) electrons. The second-order valence-corrected chi connectivity index (χ2v) is 5.61. The minimum Gasteiger partial charge on any atom is -0.507 e. The van der Waals surface area contributed by atoms with Gasteiger partial charge in [0.05, 0.1) is 12.7 Å². The molecule has 0 bridgehead atoms. The van der Waals surface area contributed by atoms with Crippen molar-refractivity contribution in [2.75, 3.05) is 13.7 Å². The molecule has 0 aliphatic heterocycles. The Labute approximate surface area is 147 Å². The van der Waals surface area contributed by atoms with Crippen LogP contribution in [0.4, 0.5) is 13.2 Å². The summed E-state index contributed by atoms with van der Waals surface area (Å²) in [5.41, 5.74) is -3.35. The predicted molar refractivity (Wildman–Crippen MR) is 84.8 cm³/mol. The Kier molecular flexibility index (Phi) is 5.45. The van der Waals surface area contributed by atoms with E-state index < -0.39 is 36.5 Å². The Morgan fingerprint density at radius 2 is 2.08 bits per heavy atom. The first-order valence-corrected chi connectivity index (χ1v) is 7.52. The summed E-state index contributed by atoms with van der Waals surface area (Å²) in [5, 5.41) is 22.2. The highest BCUT2D eigenvalue weighted by Gasteiger charge is 2.57. The largest absolute Gasteiger partial charge is 0.507 e. The number of halogens is 3. The summed E-state index contributed by atoms with van der Waals surface area (Å²) in [6.07, 6.45) is -3.41. The van der Waals surface area contributed by atoms with Crippen LogP contribution in [-0.2, 0) is 12.6 Å².